The highest BCUT2D eigenvalue weighted by Crippen LogP contribution is 2.31. The van der Waals surface area contributed by atoms with Crippen LogP contribution in [0.5, 0.6) is 0 Å². The first-order chi connectivity index (χ1) is 8.82. The van der Waals surface area contributed by atoms with Crippen LogP contribution in [0.3, 0.4) is 0 Å². The summed E-state index contributed by atoms with van der Waals surface area (Å²) in [5.41, 5.74) is 2.18. The highest BCUT2D eigenvalue weighted by molar-refractivity contribution is 5.53. The molecule has 0 spiro atoms. The molecule has 0 atom stereocenters. The molecule has 2 aromatic rings. The third-order valence-electron chi connectivity index (χ3n) is 2.96. The number of nitro groups is 1. The van der Waals surface area contributed by atoms with E-state index < -0.39 is 0 Å². The van der Waals surface area contributed by atoms with Crippen LogP contribution < -0.4 is 0 Å². The Hall–Kier alpha value is -2.18. The minimum absolute atomic E-state index is 0.0164. The summed E-state index contributed by atoms with van der Waals surface area (Å²) in [5.74, 6) is 0.386. The summed E-state index contributed by atoms with van der Waals surface area (Å²) in [6, 6.07) is 1.88. The lowest BCUT2D eigenvalue weighted by Crippen LogP contribution is -2.08. The standard InChI is InChI=1S/C12H17N5O2/c1-7(2)10-11(17(18)19)12(15(5)14-10)16-9(4)6-8(3)13-16/h6-7H,1-5H3. The van der Waals surface area contributed by atoms with E-state index in [2.05, 4.69) is 10.2 Å². The van der Waals surface area contributed by atoms with Crippen molar-refractivity contribution in [3.63, 3.8) is 0 Å². The largest absolute Gasteiger partial charge is 0.336 e. The van der Waals surface area contributed by atoms with Gasteiger partial charge in [-0.05, 0) is 19.9 Å². The van der Waals surface area contributed by atoms with Gasteiger partial charge in [0.25, 0.3) is 0 Å². The van der Waals surface area contributed by atoms with Gasteiger partial charge in [0.15, 0.2) is 0 Å². The Labute approximate surface area is 111 Å². The molecule has 0 radical (unpaired) electrons. The molecule has 0 aliphatic heterocycles. The maximum absolute atomic E-state index is 11.4. The average Bonchev–Trinajstić information content (AvgIpc) is 2.78. The number of aryl methyl sites for hydroxylation is 3. The van der Waals surface area contributed by atoms with Gasteiger partial charge in [0.1, 0.15) is 5.69 Å². The zero-order valence-electron chi connectivity index (χ0n) is 11.7. The Morgan fingerprint density at radius 1 is 1.32 bits per heavy atom. The fourth-order valence-electron chi connectivity index (χ4n) is 2.17. The minimum atomic E-state index is -0.381. The molecule has 2 rings (SSSR count). The third kappa shape index (κ3) is 2.11. The van der Waals surface area contributed by atoms with Crippen molar-refractivity contribution in [2.45, 2.75) is 33.6 Å². The molecule has 0 bridgehead atoms. The molecule has 19 heavy (non-hydrogen) atoms. The molecular formula is C12H17N5O2. The number of hydrogen-bond acceptors (Lipinski definition) is 4. The number of hydrogen-bond donors (Lipinski definition) is 0. The Balaban J connectivity index is 2.76. The molecule has 102 valence electrons. The molecule has 2 aromatic heterocycles. The van der Waals surface area contributed by atoms with Crippen LogP contribution in [-0.2, 0) is 7.05 Å². The maximum Gasteiger partial charge on any atom is 0.336 e. The molecule has 0 aromatic carbocycles. The van der Waals surface area contributed by atoms with E-state index in [0.717, 1.165) is 11.4 Å². The van der Waals surface area contributed by atoms with Crippen molar-refractivity contribution in [1.82, 2.24) is 19.6 Å². The fraction of sp³-hybridized carbons (Fsp3) is 0.500. The molecule has 0 saturated carbocycles. The molecule has 0 fully saturated rings. The van der Waals surface area contributed by atoms with Crippen LogP contribution in [0.1, 0.15) is 36.8 Å². The lowest BCUT2D eigenvalue weighted by molar-refractivity contribution is -0.385. The van der Waals surface area contributed by atoms with Crippen LogP contribution in [0.2, 0.25) is 0 Å². The van der Waals surface area contributed by atoms with Gasteiger partial charge in [-0.15, -0.1) is 0 Å². The predicted molar refractivity (Wildman–Crippen MR) is 70.5 cm³/mol. The highest BCUT2D eigenvalue weighted by atomic mass is 16.6. The summed E-state index contributed by atoms with van der Waals surface area (Å²) < 4.78 is 3.10. The SMILES string of the molecule is Cc1cc(C)n(-c2c([N+](=O)[O-])c(C(C)C)nn2C)n1. The van der Waals surface area contributed by atoms with Crippen molar-refractivity contribution in [1.29, 1.82) is 0 Å². The molecule has 0 aliphatic carbocycles. The van der Waals surface area contributed by atoms with Gasteiger partial charge in [0, 0.05) is 18.7 Å². The van der Waals surface area contributed by atoms with Crippen LogP contribution in [0, 0.1) is 24.0 Å². The summed E-state index contributed by atoms with van der Waals surface area (Å²) in [7, 11) is 1.70. The second kappa shape index (κ2) is 4.49. The Morgan fingerprint density at radius 2 is 1.95 bits per heavy atom. The maximum atomic E-state index is 11.4. The van der Waals surface area contributed by atoms with E-state index in [4.69, 9.17) is 0 Å². The van der Waals surface area contributed by atoms with Gasteiger partial charge in [-0.25, -0.2) is 9.36 Å². The van der Waals surface area contributed by atoms with Crippen LogP contribution >= 0.6 is 0 Å². The smallest absolute Gasteiger partial charge is 0.258 e. The van der Waals surface area contributed by atoms with Gasteiger partial charge in [-0.1, -0.05) is 13.8 Å². The summed E-state index contributed by atoms with van der Waals surface area (Å²) in [6.07, 6.45) is 0. The summed E-state index contributed by atoms with van der Waals surface area (Å²) >= 11 is 0. The van der Waals surface area contributed by atoms with E-state index in [-0.39, 0.29) is 16.5 Å². The fourth-order valence-corrected chi connectivity index (χ4v) is 2.17. The van der Waals surface area contributed by atoms with Gasteiger partial charge in [0.2, 0.25) is 5.82 Å². The van der Waals surface area contributed by atoms with Crippen molar-refractivity contribution in [3.8, 4) is 5.82 Å². The Kier molecular flexibility index (Phi) is 3.13. The second-order valence-electron chi connectivity index (χ2n) is 4.93. The molecule has 2 heterocycles. The molecule has 7 nitrogen and oxygen atoms in total. The van der Waals surface area contributed by atoms with E-state index in [1.54, 1.807) is 11.7 Å². The summed E-state index contributed by atoms with van der Waals surface area (Å²) in [4.78, 5) is 11.0. The van der Waals surface area contributed by atoms with Crippen LogP contribution in [0.4, 0.5) is 5.69 Å². The zero-order chi connectivity index (χ0) is 14.3. The molecule has 0 unspecified atom stereocenters. The minimum Gasteiger partial charge on any atom is -0.258 e. The normalized spacial score (nSPS) is 11.3. The molecular weight excluding hydrogens is 246 g/mol. The highest BCUT2D eigenvalue weighted by Gasteiger charge is 2.30. The molecule has 0 amide bonds. The van der Waals surface area contributed by atoms with Crippen molar-refractivity contribution in [3.05, 3.63) is 33.3 Å². The van der Waals surface area contributed by atoms with E-state index >= 15 is 0 Å². The molecule has 0 saturated heterocycles. The quantitative estimate of drug-likeness (QED) is 0.628. The van der Waals surface area contributed by atoms with Gasteiger partial charge < -0.3 is 0 Å². The van der Waals surface area contributed by atoms with Gasteiger partial charge >= 0.3 is 5.69 Å². The first kappa shape index (κ1) is 13.3. The monoisotopic (exact) mass is 263 g/mol. The second-order valence-corrected chi connectivity index (χ2v) is 4.93. The Bertz CT molecular complexity index is 639. The van der Waals surface area contributed by atoms with E-state index in [9.17, 15) is 10.1 Å². The van der Waals surface area contributed by atoms with Crippen molar-refractivity contribution in [2.75, 3.05) is 0 Å². The number of nitrogens with zero attached hydrogens (tertiary/aromatic N) is 5. The van der Waals surface area contributed by atoms with Crippen molar-refractivity contribution < 1.29 is 4.92 Å². The van der Waals surface area contributed by atoms with Crippen molar-refractivity contribution >= 4 is 5.69 Å². The molecule has 0 N–H and O–H groups in total. The molecule has 7 heteroatoms. The lowest BCUT2D eigenvalue weighted by atomic mass is 10.1. The third-order valence-corrected chi connectivity index (χ3v) is 2.96. The van der Waals surface area contributed by atoms with E-state index in [1.165, 1.54) is 4.68 Å². The zero-order valence-corrected chi connectivity index (χ0v) is 11.7. The topological polar surface area (TPSA) is 78.8 Å². The van der Waals surface area contributed by atoms with Gasteiger partial charge in [-0.3, -0.25) is 10.1 Å². The average molecular weight is 263 g/mol. The van der Waals surface area contributed by atoms with Gasteiger partial charge in [0.05, 0.1) is 10.6 Å². The molecule has 0 aliphatic rings. The van der Waals surface area contributed by atoms with Crippen LogP contribution in [0.25, 0.3) is 5.82 Å². The van der Waals surface area contributed by atoms with Crippen molar-refractivity contribution in [2.24, 2.45) is 7.05 Å². The number of rotatable bonds is 3. The van der Waals surface area contributed by atoms with Crippen LogP contribution in [-0.4, -0.2) is 24.5 Å². The lowest BCUT2D eigenvalue weighted by Gasteiger charge is -2.04. The first-order valence-corrected chi connectivity index (χ1v) is 6.07. The summed E-state index contributed by atoms with van der Waals surface area (Å²) in [6.45, 7) is 7.50. The van der Waals surface area contributed by atoms with Gasteiger partial charge in [-0.2, -0.15) is 10.2 Å². The van der Waals surface area contributed by atoms with E-state index in [1.807, 2.05) is 33.8 Å². The Morgan fingerprint density at radius 3 is 2.37 bits per heavy atom. The van der Waals surface area contributed by atoms with E-state index in [0.29, 0.717) is 11.5 Å². The van der Waals surface area contributed by atoms with Crippen LogP contribution in [0.15, 0.2) is 6.07 Å². The first-order valence-electron chi connectivity index (χ1n) is 6.07. The predicted octanol–water partition coefficient (Wildman–Crippen LogP) is 2.25. The summed E-state index contributed by atoms with van der Waals surface area (Å²) in [5, 5.41) is 19.9. The number of aromatic nitrogens is 4.